The average molecular weight is 513 g/mol. The second-order valence-corrected chi connectivity index (χ2v) is 12.3. The highest BCUT2D eigenvalue weighted by Crippen LogP contribution is 2.40. The fourth-order valence-electron chi connectivity index (χ4n) is 5.03. The van der Waals surface area contributed by atoms with Gasteiger partial charge in [0.2, 0.25) is 5.88 Å². The predicted molar refractivity (Wildman–Crippen MR) is 130 cm³/mol. The Labute approximate surface area is 208 Å². The summed E-state index contributed by atoms with van der Waals surface area (Å²) in [5.74, 6) is 0.447. The van der Waals surface area contributed by atoms with Crippen molar-refractivity contribution in [3.05, 3.63) is 36.8 Å². The molecule has 36 heavy (non-hydrogen) atoms. The van der Waals surface area contributed by atoms with Crippen LogP contribution in [-0.2, 0) is 19.3 Å². The molecule has 10 nitrogen and oxygen atoms in total. The molecular weight excluding hydrogens is 484 g/mol. The first-order chi connectivity index (χ1) is 17.2. The van der Waals surface area contributed by atoms with Crippen molar-refractivity contribution in [3.63, 3.8) is 0 Å². The summed E-state index contributed by atoms with van der Waals surface area (Å²) in [6.07, 6.45) is 5.89. The van der Waals surface area contributed by atoms with Gasteiger partial charge in [-0.2, -0.15) is 4.98 Å². The van der Waals surface area contributed by atoms with Crippen molar-refractivity contribution in [2.75, 3.05) is 32.6 Å². The van der Waals surface area contributed by atoms with Crippen LogP contribution in [0.2, 0.25) is 0 Å². The minimum atomic E-state index is -3.27. The Morgan fingerprint density at radius 2 is 1.83 bits per heavy atom. The van der Waals surface area contributed by atoms with Gasteiger partial charge >= 0.3 is 6.09 Å². The van der Waals surface area contributed by atoms with Gasteiger partial charge in [-0.15, -0.1) is 0 Å². The normalized spacial score (nSPS) is 24.9. The Morgan fingerprint density at radius 1 is 1.14 bits per heavy atom. The molecule has 6 rings (SSSR count). The molecule has 0 spiro atoms. The lowest BCUT2D eigenvalue weighted by Gasteiger charge is -2.46. The predicted octanol–water partition coefficient (Wildman–Crippen LogP) is 3.04. The van der Waals surface area contributed by atoms with E-state index in [2.05, 4.69) is 15.0 Å². The number of nitrogens with zero attached hydrogens (tertiary/aromatic N) is 3. The summed E-state index contributed by atoms with van der Waals surface area (Å²) in [7, 11) is -3.27. The maximum absolute atomic E-state index is 12.7. The molecule has 3 aliphatic rings. The molecule has 1 aromatic carbocycles. The number of benzene rings is 1. The molecule has 1 N–H and O–H groups in total. The van der Waals surface area contributed by atoms with E-state index in [0.29, 0.717) is 43.2 Å². The number of nitrogens with one attached hydrogen (secondary N) is 1. The first-order valence-electron chi connectivity index (χ1n) is 12.1. The van der Waals surface area contributed by atoms with Crippen LogP contribution < -0.4 is 4.74 Å². The van der Waals surface area contributed by atoms with Crippen molar-refractivity contribution in [1.82, 2.24) is 19.9 Å². The molecule has 2 atom stereocenters. The number of fused-ring (bicyclic) bond motifs is 3. The summed E-state index contributed by atoms with van der Waals surface area (Å²) < 4.78 is 41.5. The van der Waals surface area contributed by atoms with Crippen LogP contribution >= 0.6 is 0 Å². The number of piperidine rings is 1. The summed E-state index contributed by atoms with van der Waals surface area (Å²) in [6.45, 7) is 3.98. The van der Waals surface area contributed by atoms with E-state index in [1.54, 1.807) is 29.2 Å². The van der Waals surface area contributed by atoms with Gasteiger partial charge in [0, 0.05) is 42.9 Å². The second-order valence-electron chi connectivity index (χ2n) is 10.3. The molecule has 1 amide bonds. The zero-order valence-electron chi connectivity index (χ0n) is 20.1. The number of aromatic amines is 1. The minimum absolute atomic E-state index is 0.0000410. The van der Waals surface area contributed by atoms with Gasteiger partial charge in [0.05, 0.1) is 18.1 Å². The van der Waals surface area contributed by atoms with Crippen LogP contribution in [0, 0.1) is 11.8 Å². The molecule has 3 aromatic rings. The monoisotopic (exact) mass is 512 g/mol. The number of sulfone groups is 1. The fraction of sp³-hybridized carbons (Fsp3) is 0.480. The fourth-order valence-corrected chi connectivity index (χ4v) is 5.66. The van der Waals surface area contributed by atoms with Gasteiger partial charge in [0.15, 0.2) is 9.84 Å². The molecular formula is C25H28N4O6S. The van der Waals surface area contributed by atoms with E-state index in [4.69, 9.17) is 14.2 Å². The van der Waals surface area contributed by atoms with Gasteiger partial charge < -0.3 is 24.1 Å². The lowest BCUT2D eigenvalue weighted by Crippen LogP contribution is -2.59. The summed E-state index contributed by atoms with van der Waals surface area (Å²) in [4.78, 5) is 26.8. The second kappa shape index (κ2) is 8.45. The zero-order valence-corrected chi connectivity index (χ0v) is 21.0. The van der Waals surface area contributed by atoms with Crippen LogP contribution in [0.15, 0.2) is 41.7 Å². The molecule has 2 aromatic heterocycles. The van der Waals surface area contributed by atoms with Gasteiger partial charge in [-0.05, 0) is 37.5 Å². The topological polar surface area (TPSA) is 124 Å². The smallest absolute Gasteiger partial charge is 0.410 e. The van der Waals surface area contributed by atoms with Crippen LogP contribution in [0.3, 0.4) is 0 Å². The molecule has 190 valence electrons. The van der Waals surface area contributed by atoms with Crippen molar-refractivity contribution in [1.29, 1.82) is 0 Å². The van der Waals surface area contributed by atoms with E-state index in [1.807, 2.05) is 13.1 Å². The number of hydrogen-bond donors (Lipinski definition) is 1. The highest BCUT2D eigenvalue weighted by molar-refractivity contribution is 7.90. The number of aromatic nitrogens is 3. The number of H-pyrrole nitrogens is 1. The van der Waals surface area contributed by atoms with Gasteiger partial charge in [-0.1, -0.05) is 12.1 Å². The molecule has 2 saturated heterocycles. The number of ether oxygens (including phenoxy) is 3. The van der Waals surface area contributed by atoms with Crippen molar-refractivity contribution in [3.8, 4) is 17.0 Å². The van der Waals surface area contributed by atoms with Crippen LogP contribution in [-0.4, -0.2) is 78.6 Å². The molecule has 1 saturated carbocycles. The summed E-state index contributed by atoms with van der Waals surface area (Å²) in [5, 5.41) is 0. The Balaban J connectivity index is 1.23. The number of hydrogen-bond acceptors (Lipinski definition) is 8. The van der Waals surface area contributed by atoms with Gasteiger partial charge in [-0.25, -0.2) is 18.2 Å². The van der Waals surface area contributed by atoms with E-state index in [-0.39, 0.29) is 34.5 Å². The molecule has 2 aliphatic heterocycles. The van der Waals surface area contributed by atoms with Crippen molar-refractivity contribution in [2.45, 2.75) is 36.4 Å². The van der Waals surface area contributed by atoms with E-state index in [9.17, 15) is 13.2 Å². The third kappa shape index (κ3) is 4.30. The number of carbonyl (C=O) groups is 1. The summed E-state index contributed by atoms with van der Waals surface area (Å²) in [6, 6.07) is 6.71. The Bertz CT molecular complexity index is 1400. The van der Waals surface area contributed by atoms with E-state index < -0.39 is 9.84 Å². The Kier molecular flexibility index (Phi) is 5.45. The number of amides is 1. The Hall–Kier alpha value is -3.18. The van der Waals surface area contributed by atoms with Crippen LogP contribution in [0.1, 0.15) is 19.8 Å². The largest absolute Gasteiger partial charge is 0.472 e. The Morgan fingerprint density at radius 3 is 2.47 bits per heavy atom. The first kappa shape index (κ1) is 23.2. The minimum Gasteiger partial charge on any atom is -0.472 e. The molecule has 0 radical (unpaired) electrons. The number of rotatable bonds is 5. The summed E-state index contributed by atoms with van der Waals surface area (Å²) in [5.41, 5.74) is 2.71. The van der Waals surface area contributed by atoms with Gasteiger partial charge in [0.25, 0.3) is 0 Å². The van der Waals surface area contributed by atoms with Gasteiger partial charge in [-0.3, -0.25) is 0 Å². The van der Waals surface area contributed by atoms with E-state index in [1.165, 1.54) is 12.6 Å². The van der Waals surface area contributed by atoms with Gasteiger partial charge in [0.1, 0.15) is 29.1 Å². The van der Waals surface area contributed by atoms with E-state index in [0.717, 1.165) is 24.0 Å². The molecule has 2 unspecified atom stereocenters. The zero-order chi connectivity index (χ0) is 25.1. The highest BCUT2D eigenvalue weighted by atomic mass is 32.2. The van der Waals surface area contributed by atoms with Crippen LogP contribution in [0.5, 0.6) is 5.88 Å². The molecule has 2 bridgehead atoms. The molecule has 11 heteroatoms. The van der Waals surface area contributed by atoms with Crippen molar-refractivity contribution < 1.29 is 27.4 Å². The molecule has 3 fully saturated rings. The van der Waals surface area contributed by atoms with Crippen molar-refractivity contribution in [2.24, 2.45) is 11.8 Å². The third-order valence-corrected chi connectivity index (χ3v) is 8.45. The molecule has 4 heterocycles. The first-order valence-corrected chi connectivity index (χ1v) is 13.9. The standard InChI is InChI=1S/C25H28N4O6S/c1-25(7-8-25)35-24(30)29-10-16-12-33-13-17(11-29)22(16)34-23-21-20(27-14-28-23)19(9-26-21)15-3-5-18(6-4-15)36(2,31)32/h3-6,9,14,16-17,22,26H,7-8,10-13H2,1-2H3. The van der Waals surface area contributed by atoms with E-state index >= 15 is 0 Å². The third-order valence-electron chi connectivity index (χ3n) is 7.32. The number of likely N-dealkylation sites (tertiary alicyclic amines) is 1. The van der Waals surface area contributed by atoms with Crippen LogP contribution in [0.4, 0.5) is 4.79 Å². The highest BCUT2D eigenvalue weighted by Gasteiger charge is 2.47. The summed E-state index contributed by atoms with van der Waals surface area (Å²) >= 11 is 0. The molecule has 1 aliphatic carbocycles. The number of carbonyl (C=O) groups excluding carboxylic acids is 1. The maximum atomic E-state index is 12.7. The quantitative estimate of drug-likeness (QED) is 0.553. The lowest BCUT2D eigenvalue weighted by molar-refractivity contribution is -0.111. The maximum Gasteiger partial charge on any atom is 0.410 e. The SMILES string of the molecule is CC1(OC(=O)N2CC3COCC(C2)C3Oc2ncnc3c(-c4ccc(S(C)(=O)=O)cc4)c[nH]c23)CC1. The average Bonchev–Trinajstić information content (AvgIpc) is 3.39. The van der Waals surface area contributed by atoms with Crippen molar-refractivity contribution >= 4 is 27.0 Å². The lowest BCUT2D eigenvalue weighted by atomic mass is 9.84. The van der Waals surface area contributed by atoms with Crippen LogP contribution in [0.25, 0.3) is 22.2 Å².